The van der Waals surface area contributed by atoms with Gasteiger partial charge < -0.3 is 11.1 Å². The summed E-state index contributed by atoms with van der Waals surface area (Å²) in [4.78, 5) is 4.38. The fourth-order valence-electron chi connectivity index (χ4n) is 1.56. The Bertz CT molecular complexity index is 543. The van der Waals surface area contributed by atoms with Crippen molar-refractivity contribution in [3.8, 4) is 0 Å². The van der Waals surface area contributed by atoms with E-state index < -0.39 is 0 Å². The average Bonchev–Trinajstić information content (AvgIpc) is 2.40. The molecule has 0 spiro atoms. The van der Waals surface area contributed by atoms with Gasteiger partial charge in [-0.2, -0.15) is 5.10 Å². The molecule has 0 aliphatic rings. The summed E-state index contributed by atoms with van der Waals surface area (Å²) in [5.74, 6) is 0.585. The van der Waals surface area contributed by atoms with E-state index in [1.807, 2.05) is 19.1 Å². The highest BCUT2D eigenvalue weighted by molar-refractivity contribution is 7.80. The number of aromatic nitrogens is 3. The molecule has 0 saturated carbocycles. The van der Waals surface area contributed by atoms with Gasteiger partial charge in [-0.25, -0.2) is 0 Å². The molecule has 1 unspecified atom stereocenters. The van der Waals surface area contributed by atoms with E-state index in [1.165, 1.54) is 0 Å². The number of nitrogens with zero attached hydrogens (tertiary/aromatic N) is 3. The van der Waals surface area contributed by atoms with Crippen molar-refractivity contribution in [2.24, 2.45) is 5.73 Å². The molecule has 0 aromatic carbocycles. The van der Waals surface area contributed by atoms with Gasteiger partial charge in [0.15, 0.2) is 5.82 Å². The molecule has 0 amide bonds. The van der Waals surface area contributed by atoms with Gasteiger partial charge in [0, 0.05) is 12.4 Å². The minimum absolute atomic E-state index is 0.0449. The van der Waals surface area contributed by atoms with E-state index in [2.05, 4.69) is 20.5 Å². The summed E-state index contributed by atoms with van der Waals surface area (Å²) in [6.45, 7) is 2.01. The Balaban J connectivity index is 2.22. The summed E-state index contributed by atoms with van der Waals surface area (Å²) in [6.07, 6.45) is 5.10. The SMILES string of the molecule is CC(Nc1nnccc1C(N)=S)c1cccnc1. The molecular weight excluding hydrogens is 246 g/mol. The van der Waals surface area contributed by atoms with Crippen molar-refractivity contribution >= 4 is 23.0 Å². The molecule has 0 radical (unpaired) electrons. The van der Waals surface area contributed by atoms with E-state index in [9.17, 15) is 0 Å². The van der Waals surface area contributed by atoms with Gasteiger partial charge in [0.25, 0.3) is 0 Å². The molecule has 0 saturated heterocycles. The molecule has 2 aromatic heterocycles. The highest BCUT2D eigenvalue weighted by Gasteiger charge is 2.11. The lowest BCUT2D eigenvalue weighted by Gasteiger charge is -2.15. The van der Waals surface area contributed by atoms with Crippen LogP contribution in [0.3, 0.4) is 0 Å². The van der Waals surface area contributed by atoms with Gasteiger partial charge in [0.05, 0.1) is 17.8 Å². The lowest BCUT2D eigenvalue weighted by molar-refractivity contribution is 0.852. The lowest BCUT2D eigenvalue weighted by Crippen LogP contribution is -2.16. The number of rotatable bonds is 4. The minimum Gasteiger partial charge on any atom is -0.389 e. The summed E-state index contributed by atoms with van der Waals surface area (Å²) >= 11 is 4.98. The fraction of sp³-hybridized carbons (Fsp3) is 0.167. The van der Waals surface area contributed by atoms with Crippen LogP contribution in [0.15, 0.2) is 36.8 Å². The van der Waals surface area contributed by atoms with Crippen molar-refractivity contribution in [3.05, 3.63) is 47.9 Å². The summed E-state index contributed by atoms with van der Waals surface area (Å²) in [5, 5.41) is 11.1. The number of pyridine rings is 1. The number of hydrogen-bond acceptors (Lipinski definition) is 5. The van der Waals surface area contributed by atoms with Crippen molar-refractivity contribution < 1.29 is 0 Å². The highest BCUT2D eigenvalue weighted by atomic mass is 32.1. The Kier molecular flexibility index (Phi) is 3.78. The van der Waals surface area contributed by atoms with E-state index in [0.29, 0.717) is 16.4 Å². The smallest absolute Gasteiger partial charge is 0.159 e. The van der Waals surface area contributed by atoms with Gasteiger partial charge in [0.2, 0.25) is 0 Å². The fourth-order valence-corrected chi connectivity index (χ4v) is 1.72. The van der Waals surface area contributed by atoms with Gasteiger partial charge in [0.1, 0.15) is 4.99 Å². The molecule has 6 heteroatoms. The first-order valence-corrected chi connectivity index (χ1v) is 5.87. The van der Waals surface area contributed by atoms with Crippen LogP contribution in [-0.4, -0.2) is 20.2 Å². The van der Waals surface area contributed by atoms with Crippen LogP contribution in [0.5, 0.6) is 0 Å². The van der Waals surface area contributed by atoms with Crippen LogP contribution in [0.4, 0.5) is 5.82 Å². The number of anilines is 1. The molecule has 0 aliphatic carbocycles. The van der Waals surface area contributed by atoms with Crippen molar-refractivity contribution in [1.82, 2.24) is 15.2 Å². The van der Waals surface area contributed by atoms with E-state index in [-0.39, 0.29) is 6.04 Å². The van der Waals surface area contributed by atoms with Crippen LogP contribution in [0.2, 0.25) is 0 Å². The van der Waals surface area contributed by atoms with E-state index in [1.54, 1.807) is 24.7 Å². The molecule has 2 heterocycles. The Morgan fingerprint density at radius 2 is 2.22 bits per heavy atom. The predicted octanol–water partition coefficient (Wildman–Crippen LogP) is 1.68. The van der Waals surface area contributed by atoms with Crippen molar-refractivity contribution in [2.75, 3.05) is 5.32 Å². The quantitative estimate of drug-likeness (QED) is 0.813. The maximum atomic E-state index is 5.64. The Hall–Kier alpha value is -2.08. The zero-order valence-electron chi connectivity index (χ0n) is 9.87. The minimum atomic E-state index is 0.0449. The van der Waals surface area contributed by atoms with Crippen LogP contribution in [-0.2, 0) is 0 Å². The summed E-state index contributed by atoms with van der Waals surface area (Å²) < 4.78 is 0. The molecule has 0 aliphatic heterocycles. The number of hydrogen-bond donors (Lipinski definition) is 2. The van der Waals surface area contributed by atoms with Gasteiger partial charge in [-0.3, -0.25) is 4.98 Å². The standard InChI is InChI=1S/C12H13N5S/c1-8(9-3-2-5-14-7-9)16-12-10(11(13)18)4-6-15-17-12/h2-8H,1H3,(H2,13,18)(H,16,17). The maximum absolute atomic E-state index is 5.64. The highest BCUT2D eigenvalue weighted by Crippen LogP contribution is 2.19. The molecule has 3 N–H and O–H groups in total. The first kappa shape index (κ1) is 12.4. The maximum Gasteiger partial charge on any atom is 0.159 e. The summed E-state index contributed by atoms with van der Waals surface area (Å²) in [7, 11) is 0. The second-order valence-corrected chi connectivity index (χ2v) is 4.25. The van der Waals surface area contributed by atoms with Gasteiger partial charge >= 0.3 is 0 Å². The second-order valence-electron chi connectivity index (χ2n) is 3.81. The van der Waals surface area contributed by atoms with Crippen LogP contribution in [0.1, 0.15) is 24.1 Å². The largest absolute Gasteiger partial charge is 0.389 e. The molecule has 2 aromatic rings. The van der Waals surface area contributed by atoms with Crippen molar-refractivity contribution in [3.63, 3.8) is 0 Å². The van der Waals surface area contributed by atoms with Gasteiger partial charge in [-0.05, 0) is 24.6 Å². The van der Waals surface area contributed by atoms with Crippen LogP contribution >= 0.6 is 12.2 Å². The topological polar surface area (TPSA) is 76.7 Å². The van der Waals surface area contributed by atoms with Crippen LogP contribution in [0, 0.1) is 0 Å². The summed E-state index contributed by atoms with van der Waals surface area (Å²) in [6, 6.07) is 5.66. The van der Waals surface area contributed by atoms with E-state index >= 15 is 0 Å². The normalized spacial score (nSPS) is 11.8. The third-order valence-corrected chi connectivity index (χ3v) is 2.74. The Morgan fingerprint density at radius 1 is 1.39 bits per heavy atom. The second kappa shape index (κ2) is 5.50. The molecule has 92 valence electrons. The summed E-state index contributed by atoms with van der Waals surface area (Å²) in [5.41, 5.74) is 7.38. The van der Waals surface area contributed by atoms with Gasteiger partial charge in [-0.15, -0.1) is 5.10 Å². The number of nitrogens with one attached hydrogen (secondary N) is 1. The Morgan fingerprint density at radius 3 is 2.89 bits per heavy atom. The average molecular weight is 259 g/mol. The molecule has 0 bridgehead atoms. The lowest BCUT2D eigenvalue weighted by atomic mass is 10.1. The Labute approximate surface area is 110 Å². The zero-order valence-corrected chi connectivity index (χ0v) is 10.7. The number of nitrogens with two attached hydrogens (primary N) is 1. The first-order valence-electron chi connectivity index (χ1n) is 5.46. The van der Waals surface area contributed by atoms with Crippen LogP contribution in [0.25, 0.3) is 0 Å². The first-order chi connectivity index (χ1) is 8.68. The molecule has 0 fully saturated rings. The monoisotopic (exact) mass is 259 g/mol. The molecule has 5 nitrogen and oxygen atoms in total. The zero-order chi connectivity index (χ0) is 13.0. The third-order valence-electron chi connectivity index (χ3n) is 2.52. The molecule has 1 atom stereocenters. The van der Waals surface area contributed by atoms with E-state index in [0.717, 1.165) is 5.56 Å². The van der Waals surface area contributed by atoms with Crippen molar-refractivity contribution in [2.45, 2.75) is 13.0 Å². The number of thiocarbonyl (C=S) groups is 1. The molecule has 2 rings (SSSR count). The molecular formula is C12H13N5S. The predicted molar refractivity (Wildman–Crippen MR) is 74.2 cm³/mol. The molecule has 18 heavy (non-hydrogen) atoms. The van der Waals surface area contributed by atoms with Crippen molar-refractivity contribution in [1.29, 1.82) is 0 Å². The van der Waals surface area contributed by atoms with Gasteiger partial charge in [-0.1, -0.05) is 18.3 Å². The third kappa shape index (κ3) is 2.78. The van der Waals surface area contributed by atoms with E-state index in [4.69, 9.17) is 18.0 Å². The van der Waals surface area contributed by atoms with Crippen LogP contribution < -0.4 is 11.1 Å².